The number of sulfonamides is 1. The number of nitrogens with zero attached hydrogens (tertiary/aromatic N) is 2. The molecule has 0 unspecified atom stereocenters. The molecule has 0 bridgehead atoms. The number of methoxy groups -OCH3 is 1. The van der Waals surface area contributed by atoms with Gasteiger partial charge in [-0.3, -0.25) is 9.10 Å². The van der Waals surface area contributed by atoms with E-state index in [0.717, 1.165) is 10.6 Å². The van der Waals surface area contributed by atoms with Crippen molar-refractivity contribution in [3.05, 3.63) is 58.6 Å². The van der Waals surface area contributed by atoms with Gasteiger partial charge in [-0.05, 0) is 42.3 Å². The summed E-state index contributed by atoms with van der Waals surface area (Å²) < 4.78 is 35.2. The average molecular weight is 468 g/mol. The summed E-state index contributed by atoms with van der Waals surface area (Å²) in [6.07, 6.45) is 2.36. The fourth-order valence-corrected chi connectivity index (χ4v) is 3.53. The highest BCUT2D eigenvalue weighted by Crippen LogP contribution is 2.26. The van der Waals surface area contributed by atoms with Crippen LogP contribution in [-0.2, 0) is 24.3 Å². The zero-order valence-corrected chi connectivity index (χ0v) is 18.7. The molecule has 2 aromatic rings. The summed E-state index contributed by atoms with van der Waals surface area (Å²) >= 11 is 5.98. The van der Waals surface area contributed by atoms with Crippen LogP contribution in [0.5, 0.6) is 5.75 Å². The number of carbonyl (C=O) groups excluding carboxylic acids is 2. The Morgan fingerprint density at radius 3 is 2.65 bits per heavy atom. The zero-order valence-electron chi connectivity index (χ0n) is 17.2. The Labute approximate surface area is 185 Å². The normalized spacial score (nSPS) is 11.2. The molecular formula is C20H22ClN3O6S. The second kappa shape index (κ2) is 10.8. The number of hydrogen-bond donors (Lipinski definition) is 1. The van der Waals surface area contributed by atoms with Crippen molar-refractivity contribution in [2.24, 2.45) is 5.10 Å². The third-order valence-electron chi connectivity index (χ3n) is 3.97. The molecule has 166 valence electrons. The van der Waals surface area contributed by atoms with E-state index in [2.05, 4.69) is 15.3 Å². The second-order valence-corrected chi connectivity index (χ2v) is 8.77. The summed E-state index contributed by atoms with van der Waals surface area (Å²) in [5, 5.41) is 4.19. The number of hydrazone groups is 1. The number of ether oxygens (including phenoxy) is 2. The highest BCUT2D eigenvalue weighted by atomic mass is 35.5. The SMILES string of the molecule is COC(=O)COc1cccc(/C=N\NC(=O)CN(c2cc(Cl)ccc2C)S(C)(=O)=O)c1. The molecule has 0 aliphatic rings. The van der Waals surface area contributed by atoms with Crippen LogP contribution in [0.2, 0.25) is 5.02 Å². The lowest BCUT2D eigenvalue weighted by atomic mass is 10.2. The van der Waals surface area contributed by atoms with Crippen LogP contribution in [0, 0.1) is 6.92 Å². The Morgan fingerprint density at radius 1 is 1.23 bits per heavy atom. The largest absolute Gasteiger partial charge is 0.482 e. The van der Waals surface area contributed by atoms with Crippen molar-refractivity contribution in [3.8, 4) is 5.75 Å². The molecule has 0 atom stereocenters. The molecule has 1 N–H and O–H groups in total. The van der Waals surface area contributed by atoms with Gasteiger partial charge in [0.25, 0.3) is 5.91 Å². The minimum absolute atomic E-state index is 0.238. The van der Waals surface area contributed by atoms with E-state index in [-0.39, 0.29) is 6.61 Å². The highest BCUT2D eigenvalue weighted by molar-refractivity contribution is 7.92. The molecule has 0 radical (unpaired) electrons. The van der Waals surface area contributed by atoms with Crippen LogP contribution < -0.4 is 14.5 Å². The van der Waals surface area contributed by atoms with Crippen LogP contribution in [0.1, 0.15) is 11.1 Å². The van der Waals surface area contributed by atoms with Gasteiger partial charge in [-0.25, -0.2) is 18.6 Å². The van der Waals surface area contributed by atoms with Crippen LogP contribution in [0.15, 0.2) is 47.6 Å². The lowest BCUT2D eigenvalue weighted by molar-refractivity contribution is -0.142. The smallest absolute Gasteiger partial charge is 0.343 e. The average Bonchev–Trinajstić information content (AvgIpc) is 2.71. The number of halogens is 1. The molecule has 0 saturated carbocycles. The maximum atomic E-state index is 12.3. The van der Waals surface area contributed by atoms with Gasteiger partial charge in [0, 0.05) is 5.02 Å². The van der Waals surface area contributed by atoms with Crippen molar-refractivity contribution in [1.82, 2.24) is 5.43 Å². The second-order valence-electron chi connectivity index (χ2n) is 6.43. The summed E-state index contributed by atoms with van der Waals surface area (Å²) in [6, 6.07) is 11.4. The topological polar surface area (TPSA) is 114 Å². The summed E-state index contributed by atoms with van der Waals surface area (Å²) in [5.74, 6) is -0.740. The maximum Gasteiger partial charge on any atom is 0.343 e. The van der Waals surface area contributed by atoms with Crippen LogP contribution >= 0.6 is 11.6 Å². The van der Waals surface area contributed by atoms with Gasteiger partial charge in [0.2, 0.25) is 10.0 Å². The third kappa shape index (κ3) is 7.58. The Morgan fingerprint density at radius 2 is 1.97 bits per heavy atom. The van der Waals surface area contributed by atoms with Crippen molar-refractivity contribution < 1.29 is 27.5 Å². The van der Waals surface area contributed by atoms with Gasteiger partial charge in [0.1, 0.15) is 12.3 Å². The van der Waals surface area contributed by atoms with Crippen molar-refractivity contribution in [2.75, 3.05) is 30.8 Å². The molecule has 11 heteroatoms. The monoisotopic (exact) mass is 467 g/mol. The van der Waals surface area contributed by atoms with E-state index in [4.69, 9.17) is 16.3 Å². The van der Waals surface area contributed by atoms with E-state index in [9.17, 15) is 18.0 Å². The van der Waals surface area contributed by atoms with Crippen LogP contribution in [0.3, 0.4) is 0 Å². The molecule has 0 aliphatic carbocycles. The first-order valence-corrected chi connectivity index (χ1v) is 11.2. The molecule has 9 nitrogen and oxygen atoms in total. The first kappa shape index (κ1) is 24.2. The van der Waals surface area contributed by atoms with E-state index < -0.39 is 28.4 Å². The minimum Gasteiger partial charge on any atom is -0.482 e. The van der Waals surface area contributed by atoms with E-state index in [0.29, 0.717) is 27.6 Å². The van der Waals surface area contributed by atoms with Crippen LogP contribution in [0.25, 0.3) is 0 Å². The Bertz CT molecular complexity index is 1090. The number of anilines is 1. The Kier molecular flexibility index (Phi) is 8.40. The standard InChI is InChI=1S/C20H22ClN3O6S/c1-14-7-8-16(21)10-18(14)24(31(3,27)28)12-19(25)23-22-11-15-5-4-6-17(9-15)30-13-20(26)29-2/h4-11H,12-13H2,1-3H3,(H,23,25)/b22-11-. The number of esters is 1. The van der Waals surface area contributed by atoms with Crippen molar-refractivity contribution >= 4 is 45.4 Å². The molecule has 0 aliphatic heterocycles. The Balaban J connectivity index is 2.05. The lowest BCUT2D eigenvalue weighted by Gasteiger charge is -2.23. The van der Waals surface area contributed by atoms with Crippen molar-refractivity contribution in [1.29, 1.82) is 0 Å². The first-order valence-electron chi connectivity index (χ1n) is 8.95. The van der Waals surface area contributed by atoms with Gasteiger partial charge in [-0.1, -0.05) is 29.8 Å². The number of aryl methyl sites for hydroxylation is 1. The number of benzene rings is 2. The molecule has 0 fully saturated rings. The molecule has 1 amide bonds. The number of hydrogen-bond acceptors (Lipinski definition) is 7. The fraction of sp³-hybridized carbons (Fsp3) is 0.250. The molecule has 31 heavy (non-hydrogen) atoms. The fourth-order valence-electron chi connectivity index (χ4n) is 2.46. The van der Waals surface area contributed by atoms with E-state index in [1.807, 2.05) is 0 Å². The molecule has 2 rings (SSSR count). The summed E-state index contributed by atoms with van der Waals surface area (Å²) in [7, 11) is -2.48. The zero-order chi connectivity index (χ0) is 23.0. The number of nitrogens with one attached hydrogen (secondary N) is 1. The van der Waals surface area contributed by atoms with E-state index in [1.165, 1.54) is 19.4 Å². The number of amides is 1. The van der Waals surface area contributed by atoms with Crippen molar-refractivity contribution in [2.45, 2.75) is 6.92 Å². The molecule has 0 spiro atoms. The number of carbonyl (C=O) groups is 2. The Hall–Kier alpha value is -3.11. The maximum absolute atomic E-state index is 12.3. The molecular weight excluding hydrogens is 446 g/mol. The molecule has 0 heterocycles. The van der Waals surface area contributed by atoms with Gasteiger partial charge in [-0.2, -0.15) is 5.10 Å². The van der Waals surface area contributed by atoms with Crippen molar-refractivity contribution in [3.63, 3.8) is 0 Å². The summed E-state index contributed by atoms with van der Waals surface area (Å²) in [5.41, 5.74) is 3.84. The predicted octanol–water partition coefficient (Wildman–Crippen LogP) is 2.12. The first-order chi connectivity index (χ1) is 14.6. The van der Waals surface area contributed by atoms with E-state index in [1.54, 1.807) is 43.3 Å². The molecule has 0 aromatic heterocycles. The predicted molar refractivity (Wildman–Crippen MR) is 118 cm³/mol. The van der Waals surface area contributed by atoms with Crippen LogP contribution in [-0.4, -0.2) is 53.0 Å². The van der Waals surface area contributed by atoms with Gasteiger partial charge in [-0.15, -0.1) is 0 Å². The van der Waals surface area contributed by atoms with Gasteiger partial charge >= 0.3 is 5.97 Å². The van der Waals surface area contributed by atoms with E-state index >= 15 is 0 Å². The molecule has 0 saturated heterocycles. The van der Waals surface area contributed by atoms with Gasteiger partial charge in [0.15, 0.2) is 6.61 Å². The number of rotatable bonds is 9. The minimum atomic E-state index is -3.74. The highest BCUT2D eigenvalue weighted by Gasteiger charge is 2.22. The third-order valence-corrected chi connectivity index (χ3v) is 5.33. The summed E-state index contributed by atoms with van der Waals surface area (Å²) in [6.45, 7) is 1.01. The van der Waals surface area contributed by atoms with Crippen LogP contribution in [0.4, 0.5) is 5.69 Å². The quantitative estimate of drug-likeness (QED) is 0.343. The summed E-state index contributed by atoms with van der Waals surface area (Å²) in [4.78, 5) is 23.4. The molecule has 2 aromatic carbocycles. The van der Waals surface area contributed by atoms with Gasteiger partial charge in [0.05, 0.1) is 25.3 Å². The lowest BCUT2D eigenvalue weighted by Crippen LogP contribution is -2.39. The van der Waals surface area contributed by atoms with Gasteiger partial charge < -0.3 is 9.47 Å².